The Labute approximate surface area is 132 Å². The van der Waals surface area contributed by atoms with Gasteiger partial charge in [0.15, 0.2) is 5.96 Å². The van der Waals surface area contributed by atoms with Crippen molar-refractivity contribution in [2.75, 3.05) is 40.4 Å². The van der Waals surface area contributed by atoms with Gasteiger partial charge in [-0.3, -0.25) is 4.99 Å². The Hall–Kier alpha value is -1.07. The van der Waals surface area contributed by atoms with Gasteiger partial charge < -0.3 is 15.0 Å². The lowest BCUT2D eigenvalue weighted by Crippen LogP contribution is -2.41. The Morgan fingerprint density at radius 3 is 3.00 bits per heavy atom. The molecule has 4 nitrogen and oxygen atoms in total. The number of likely N-dealkylation sites (N-methyl/N-ethyl adjacent to an activating group) is 1. The number of ether oxygens (including phenoxy) is 1. The fourth-order valence-electron chi connectivity index (χ4n) is 2.14. The van der Waals surface area contributed by atoms with Gasteiger partial charge in [-0.2, -0.15) is 11.3 Å². The van der Waals surface area contributed by atoms with Gasteiger partial charge in [0.05, 0.1) is 6.61 Å². The summed E-state index contributed by atoms with van der Waals surface area (Å²) in [4.78, 5) is 6.48. The first-order valence-corrected chi connectivity index (χ1v) is 8.66. The molecule has 1 atom stereocenters. The van der Waals surface area contributed by atoms with Crippen molar-refractivity contribution in [3.8, 4) is 0 Å². The molecule has 0 aliphatic heterocycles. The number of aliphatic imine (C=N–C) groups is 1. The lowest BCUT2D eigenvalue weighted by molar-refractivity contribution is 0.115. The molecule has 1 fully saturated rings. The molecule has 118 valence electrons. The second-order valence-electron chi connectivity index (χ2n) is 5.83. The molecule has 0 bridgehead atoms. The van der Waals surface area contributed by atoms with Crippen molar-refractivity contribution in [2.45, 2.75) is 25.7 Å². The third-order valence-electron chi connectivity index (χ3n) is 3.87. The van der Waals surface area contributed by atoms with Crippen molar-refractivity contribution in [3.05, 3.63) is 22.4 Å². The molecule has 1 aromatic heterocycles. The lowest BCUT2D eigenvalue weighted by atomic mass is 10.1. The number of hydrogen-bond donors (Lipinski definition) is 1. The van der Waals surface area contributed by atoms with Crippen molar-refractivity contribution in [3.63, 3.8) is 0 Å². The predicted octanol–water partition coefficient (Wildman–Crippen LogP) is 2.79. The van der Waals surface area contributed by atoms with Gasteiger partial charge >= 0.3 is 0 Å². The number of thiophene rings is 1. The van der Waals surface area contributed by atoms with Gasteiger partial charge in [0.25, 0.3) is 0 Å². The molecule has 1 N–H and O–H groups in total. The number of nitrogens with one attached hydrogen (secondary N) is 1. The highest BCUT2D eigenvalue weighted by molar-refractivity contribution is 7.07. The first-order chi connectivity index (χ1) is 10.2. The van der Waals surface area contributed by atoms with Crippen LogP contribution >= 0.6 is 11.3 Å². The largest absolute Gasteiger partial charge is 0.379 e. The van der Waals surface area contributed by atoms with E-state index >= 15 is 0 Å². The molecule has 0 radical (unpaired) electrons. The third kappa shape index (κ3) is 5.67. The van der Waals surface area contributed by atoms with E-state index in [-0.39, 0.29) is 0 Å². The zero-order valence-electron chi connectivity index (χ0n) is 13.3. The summed E-state index contributed by atoms with van der Waals surface area (Å²) in [5.41, 5.74) is 1.39. The molecule has 1 heterocycles. The number of rotatable bonds is 8. The van der Waals surface area contributed by atoms with Gasteiger partial charge in [-0.05, 0) is 47.1 Å². The lowest BCUT2D eigenvalue weighted by Gasteiger charge is -2.23. The maximum absolute atomic E-state index is 5.68. The maximum atomic E-state index is 5.68. The van der Waals surface area contributed by atoms with Gasteiger partial charge in [-0.25, -0.2) is 0 Å². The monoisotopic (exact) mass is 309 g/mol. The predicted molar refractivity (Wildman–Crippen MR) is 90.3 cm³/mol. The Kier molecular flexibility index (Phi) is 6.51. The van der Waals surface area contributed by atoms with Gasteiger partial charge in [0.2, 0.25) is 0 Å². The van der Waals surface area contributed by atoms with Crippen LogP contribution in [0.25, 0.3) is 0 Å². The van der Waals surface area contributed by atoms with E-state index in [0.717, 1.165) is 38.2 Å². The van der Waals surface area contributed by atoms with Crippen molar-refractivity contribution in [1.29, 1.82) is 0 Å². The van der Waals surface area contributed by atoms with Crippen LogP contribution in [0, 0.1) is 5.92 Å². The molecule has 2 rings (SSSR count). The molecular weight excluding hydrogens is 282 g/mol. The van der Waals surface area contributed by atoms with E-state index in [1.165, 1.54) is 18.4 Å². The average molecular weight is 309 g/mol. The van der Waals surface area contributed by atoms with Crippen molar-refractivity contribution in [1.82, 2.24) is 10.2 Å². The molecular formula is C16H27N3OS. The normalized spacial score (nSPS) is 16.8. The molecule has 0 saturated heterocycles. The fourth-order valence-corrected chi connectivity index (χ4v) is 2.93. The van der Waals surface area contributed by atoms with E-state index in [1.807, 2.05) is 7.05 Å². The molecule has 0 amide bonds. The van der Waals surface area contributed by atoms with E-state index in [2.05, 4.69) is 46.0 Å². The summed E-state index contributed by atoms with van der Waals surface area (Å²) < 4.78 is 5.68. The van der Waals surface area contributed by atoms with Crippen LogP contribution < -0.4 is 5.32 Å². The van der Waals surface area contributed by atoms with Crippen LogP contribution in [0.15, 0.2) is 21.8 Å². The Bertz CT molecular complexity index is 429. The molecule has 1 aliphatic rings. The summed E-state index contributed by atoms with van der Waals surface area (Å²) in [7, 11) is 3.89. The van der Waals surface area contributed by atoms with Crippen molar-refractivity contribution in [2.24, 2.45) is 10.9 Å². The Morgan fingerprint density at radius 2 is 2.38 bits per heavy atom. The molecule has 21 heavy (non-hydrogen) atoms. The van der Waals surface area contributed by atoms with E-state index in [0.29, 0.717) is 5.92 Å². The summed E-state index contributed by atoms with van der Waals surface area (Å²) in [6.45, 7) is 5.71. The standard InChI is InChI=1S/C16H27N3OS/c1-13(15-6-9-21-12-15)10-18-16(17-2)19(3)7-8-20-11-14-4-5-14/h6,9,12-14H,4-5,7-8,10-11H2,1-3H3,(H,17,18). The van der Waals surface area contributed by atoms with E-state index in [4.69, 9.17) is 4.74 Å². The van der Waals surface area contributed by atoms with E-state index in [1.54, 1.807) is 11.3 Å². The van der Waals surface area contributed by atoms with Crippen LogP contribution in [0.5, 0.6) is 0 Å². The van der Waals surface area contributed by atoms with Crippen LogP contribution in [0.2, 0.25) is 0 Å². The third-order valence-corrected chi connectivity index (χ3v) is 4.57. The van der Waals surface area contributed by atoms with Gasteiger partial charge in [-0.15, -0.1) is 0 Å². The molecule has 0 spiro atoms. The number of nitrogens with zero attached hydrogens (tertiary/aromatic N) is 2. The molecule has 1 unspecified atom stereocenters. The van der Waals surface area contributed by atoms with E-state index < -0.39 is 0 Å². The first-order valence-electron chi connectivity index (χ1n) is 7.72. The molecule has 5 heteroatoms. The molecule has 0 aromatic carbocycles. The van der Waals surface area contributed by atoms with Gasteiger partial charge in [0.1, 0.15) is 0 Å². The quantitative estimate of drug-likeness (QED) is 0.456. The number of hydrogen-bond acceptors (Lipinski definition) is 3. The van der Waals surface area contributed by atoms with Crippen LogP contribution in [-0.2, 0) is 4.74 Å². The smallest absolute Gasteiger partial charge is 0.193 e. The zero-order valence-corrected chi connectivity index (χ0v) is 14.2. The first kappa shape index (κ1) is 16.3. The van der Waals surface area contributed by atoms with Crippen LogP contribution in [-0.4, -0.2) is 51.3 Å². The van der Waals surface area contributed by atoms with Gasteiger partial charge in [-0.1, -0.05) is 6.92 Å². The second kappa shape index (κ2) is 8.39. The van der Waals surface area contributed by atoms with Crippen molar-refractivity contribution >= 4 is 17.3 Å². The molecule has 1 aromatic rings. The average Bonchev–Trinajstić information content (AvgIpc) is 3.14. The summed E-state index contributed by atoms with van der Waals surface area (Å²) in [6, 6.07) is 2.19. The minimum Gasteiger partial charge on any atom is -0.379 e. The minimum absolute atomic E-state index is 0.493. The SMILES string of the molecule is CN=C(NCC(C)c1ccsc1)N(C)CCOCC1CC1. The molecule has 1 aliphatic carbocycles. The number of guanidine groups is 1. The van der Waals surface area contributed by atoms with Crippen LogP contribution in [0.3, 0.4) is 0 Å². The fraction of sp³-hybridized carbons (Fsp3) is 0.688. The summed E-state index contributed by atoms with van der Waals surface area (Å²) in [5, 5.41) is 7.79. The molecule has 1 saturated carbocycles. The Balaban J connectivity index is 1.66. The van der Waals surface area contributed by atoms with Gasteiger partial charge in [0, 0.05) is 33.8 Å². The minimum atomic E-state index is 0.493. The van der Waals surface area contributed by atoms with Crippen molar-refractivity contribution < 1.29 is 4.74 Å². The topological polar surface area (TPSA) is 36.9 Å². The van der Waals surface area contributed by atoms with Crippen LogP contribution in [0.4, 0.5) is 0 Å². The Morgan fingerprint density at radius 1 is 1.57 bits per heavy atom. The second-order valence-corrected chi connectivity index (χ2v) is 6.61. The summed E-state index contributed by atoms with van der Waals surface area (Å²) >= 11 is 1.75. The highest BCUT2D eigenvalue weighted by Crippen LogP contribution is 2.28. The zero-order chi connectivity index (χ0) is 15.1. The highest BCUT2D eigenvalue weighted by Gasteiger charge is 2.21. The van der Waals surface area contributed by atoms with Crippen LogP contribution in [0.1, 0.15) is 31.2 Å². The summed E-state index contributed by atoms with van der Waals surface area (Å²) in [5.74, 6) is 2.26. The van der Waals surface area contributed by atoms with E-state index in [9.17, 15) is 0 Å². The highest BCUT2D eigenvalue weighted by atomic mass is 32.1. The maximum Gasteiger partial charge on any atom is 0.193 e. The summed E-state index contributed by atoms with van der Waals surface area (Å²) in [6.07, 6.45) is 2.69.